The largest absolute Gasteiger partial charge is 0.486 e. The second-order valence-corrected chi connectivity index (χ2v) is 6.70. The number of nitro groups is 1. The van der Waals surface area contributed by atoms with Gasteiger partial charge in [-0.05, 0) is 17.9 Å². The molecule has 152 valence electrons. The van der Waals surface area contributed by atoms with Crippen molar-refractivity contribution < 1.29 is 28.7 Å². The van der Waals surface area contributed by atoms with Crippen molar-refractivity contribution in [3.05, 3.63) is 63.2 Å². The predicted molar refractivity (Wildman–Crippen MR) is 104 cm³/mol. The lowest BCUT2D eigenvalue weighted by molar-refractivity contribution is -0.385. The van der Waals surface area contributed by atoms with Crippen LogP contribution < -0.4 is 9.47 Å². The number of hydrogen-bond acceptors (Lipinski definition) is 7. The molecule has 0 amide bonds. The zero-order chi connectivity index (χ0) is 21.0. The van der Waals surface area contributed by atoms with Crippen LogP contribution in [-0.2, 0) is 4.74 Å². The van der Waals surface area contributed by atoms with Crippen LogP contribution in [0, 0.1) is 10.1 Å². The third-order valence-corrected chi connectivity index (χ3v) is 4.83. The number of fused-ring (bicyclic) bond motifs is 1. The van der Waals surface area contributed by atoms with Crippen LogP contribution in [0.2, 0.25) is 0 Å². The Morgan fingerprint density at radius 1 is 1.14 bits per heavy atom. The van der Waals surface area contributed by atoms with E-state index in [1.165, 1.54) is 6.07 Å². The quantitative estimate of drug-likeness (QED) is 0.301. The lowest BCUT2D eigenvalue weighted by Crippen LogP contribution is -2.18. The maximum atomic E-state index is 12.4. The van der Waals surface area contributed by atoms with Crippen molar-refractivity contribution >= 4 is 17.4 Å². The molecule has 8 nitrogen and oxygen atoms in total. The molecule has 0 bridgehead atoms. The summed E-state index contributed by atoms with van der Waals surface area (Å²) in [6, 6.07) is 9.44. The fourth-order valence-electron chi connectivity index (χ4n) is 2.92. The second kappa shape index (κ2) is 8.72. The van der Waals surface area contributed by atoms with Crippen molar-refractivity contribution in [1.82, 2.24) is 0 Å². The van der Waals surface area contributed by atoms with Crippen molar-refractivity contribution in [2.45, 2.75) is 26.2 Å². The standard InChI is InChI=1S/C21H21NO7/c1-3-13(2)14-4-6-15(7-5-14)18(23)12-29-21(24)16-10-19-20(28-9-8-27-19)11-17(16)22(25)26/h4-7,10-11,13H,3,8-9,12H2,1-2H3/t13-/m0/s1. The number of Topliss-reactive ketones (excluding diaryl/α,β-unsaturated/α-hetero) is 1. The van der Waals surface area contributed by atoms with E-state index in [0.29, 0.717) is 11.5 Å². The molecular formula is C21H21NO7. The number of rotatable bonds is 7. The molecule has 29 heavy (non-hydrogen) atoms. The van der Waals surface area contributed by atoms with E-state index < -0.39 is 29.0 Å². The van der Waals surface area contributed by atoms with E-state index in [-0.39, 0.29) is 30.3 Å². The minimum absolute atomic E-state index is 0.192. The van der Waals surface area contributed by atoms with Crippen molar-refractivity contribution in [2.24, 2.45) is 0 Å². The van der Waals surface area contributed by atoms with E-state index in [9.17, 15) is 19.7 Å². The number of nitrogens with zero attached hydrogens (tertiary/aromatic N) is 1. The van der Waals surface area contributed by atoms with Gasteiger partial charge in [0.05, 0.1) is 11.0 Å². The van der Waals surface area contributed by atoms with Gasteiger partial charge in [-0.3, -0.25) is 14.9 Å². The third kappa shape index (κ3) is 4.53. The van der Waals surface area contributed by atoms with Gasteiger partial charge in [-0.2, -0.15) is 0 Å². The van der Waals surface area contributed by atoms with Gasteiger partial charge in [0.2, 0.25) is 0 Å². The Morgan fingerprint density at radius 2 is 1.76 bits per heavy atom. The summed E-state index contributed by atoms with van der Waals surface area (Å²) in [7, 11) is 0. The molecule has 3 rings (SSSR count). The second-order valence-electron chi connectivity index (χ2n) is 6.70. The number of benzene rings is 2. The highest BCUT2D eigenvalue weighted by molar-refractivity contribution is 6.00. The lowest BCUT2D eigenvalue weighted by atomic mass is 9.97. The van der Waals surface area contributed by atoms with E-state index in [2.05, 4.69) is 13.8 Å². The summed E-state index contributed by atoms with van der Waals surface area (Å²) >= 11 is 0. The van der Waals surface area contributed by atoms with Crippen LogP contribution in [-0.4, -0.2) is 36.5 Å². The van der Waals surface area contributed by atoms with Crippen molar-refractivity contribution in [3.63, 3.8) is 0 Å². The Balaban J connectivity index is 1.72. The van der Waals surface area contributed by atoms with E-state index in [1.807, 2.05) is 12.1 Å². The van der Waals surface area contributed by atoms with Crippen LogP contribution in [0.1, 0.15) is 52.5 Å². The molecular weight excluding hydrogens is 378 g/mol. The van der Waals surface area contributed by atoms with Crippen LogP contribution >= 0.6 is 0 Å². The summed E-state index contributed by atoms with van der Waals surface area (Å²) in [5.74, 6) is -0.571. The van der Waals surface area contributed by atoms with E-state index >= 15 is 0 Å². The molecule has 0 spiro atoms. The highest BCUT2D eigenvalue weighted by atomic mass is 16.6. The van der Waals surface area contributed by atoms with Gasteiger partial charge in [-0.15, -0.1) is 0 Å². The Bertz CT molecular complexity index is 937. The Morgan fingerprint density at radius 3 is 2.34 bits per heavy atom. The predicted octanol–water partition coefficient (Wildman–Crippen LogP) is 3.92. The molecule has 0 N–H and O–H groups in total. The van der Waals surface area contributed by atoms with E-state index in [4.69, 9.17) is 14.2 Å². The Hall–Kier alpha value is -3.42. The van der Waals surface area contributed by atoms with Crippen molar-refractivity contribution in [1.29, 1.82) is 0 Å². The summed E-state index contributed by atoms with van der Waals surface area (Å²) in [6.45, 7) is 4.19. The molecule has 1 aliphatic rings. The van der Waals surface area contributed by atoms with Crippen molar-refractivity contribution in [3.8, 4) is 11.5 Å². The molecule has 1 atom stereocenters. The number of esters is 1. The first-order chi connectivity index (χ1) is 13.9. The topological polar surface area (TPSA) is 105 Å². The van der Waals surface area contributed by atoms with E-state index in [1.54, 1.807) is 12.1 Å². The van der Waals surface area contributed by atoms with Gasteiger partial charge in [0.15, 0.2) is 23.9 Å². The molecule has 0 unspecified atom stereocenters. The minimum Gasteiger partial charge on any atom is -0.486 e. The van der Waals surface area contributed by atoms with Crippen molar-refractivity contribution in [2.75, 3.05) is 19.8 Å². The van der Waals surface area contributed by atoms with Gasteiger partial charge in [0.1, 0.15) is 18.8 Å². The Labute approximate surface area is 167 Å². The maximum Gasteiger partial charge on any atom is 0.345 e. The summed E-state index contributed by atoms with van der Waals surface area (Å²) < 4.78 is 15.7. The minimum atomic E-state index is -0.974. The summed E-state index contributed by atoms with van der Waals surface area (Å²) in [4.78, 5) is 35.3. The highest BCUT2D eigenvalue weighted by Gasteiger charge is 2.27. The van der Waals surface area contributed by atoms with Crippen LogP contribution in [0.25, 0.3) is 0 Å². The fourth-order valence-corrected chi connectivity index (χ4v) is 2.92. The molecule has 0 saturated carbocycles. The number of nitro benzene ring substituents is 1. The fraction of sp³-hybridized carbons (Fsp3) is 0.333. The number of carbonyl (C=O) groups excluding carboxylic acids is 2. The summed E-state index contributed by atoms with van der Waals surface area (Å²) in [6.07, 6.45) is 0.985. The normalized spacial score (nSPS) is 13.4. The average molecular weight is 399 g/mol. The first-order valence-electron chi connectivity index (χ1n) is 9.29. The third-order valence-electron chi connectivity index (χ3n) is 4.83. The first kappa shape index (κ1) is 20.3. The molecule has 1 aliphatic heterocycles. The summed E-state index contributed by atoms with van der Waals surface area (Å²) in [5, 5.41) is 11.3. The van der Waals surface area contributed by atoms with E-state index in [0.717, 1.165) is 18.1 Å². The number of hydrogen-bond donors (Lipinski definition) is 0. The van der Waals surface area contributed by atoms with Crippen LogP contribution in [0.4, 0.5) is 5.69 Å². The highest BCUT2D eigenvalue weighted by Crippen LogP contribution is 2.36. The first-order valence-corrected chi connectivity index (χ1v) is 9.29. The summed E-state index contributed by atoms with van der Waals surface area (Å²) in [5.41, 5.74) is 0.762. The molecule has 0 radical (unpaired) electrons. The molecule has 2 aromatic rings. The zero-order valence-corrected chi connectivity index (χ0v) is 16.2. The van der Waals surface area contributed by atoms with Crippen LogP contribution in [0.5, 0.6) is 11.5 Å². The molecule has 0 fully saturated rings. The van der Waals surface area contributed by atoms with Crippen LogP contribution in [0.15, 0.2) is 36.4 Å². The number of carbonyl (C=O) groups is 2. The number of ketones is 1. The van der Waals surface area contributed by atoms with Gasteiger partial charge in [0, 0.05) is 11.6 Å². The zero-order valence-electron chi connectivity index (χ0n) is 16.2. The smallest absolute Gasteiger partial charge is 0.345 e. The van der Waals surface area contributed by atoms with Gasteiger partial charge in [-0.25, -0.2) is 4.79 Å². The lowest BCUT2D eigenvalue weighted by Gasteiger charge is -2.18. The molecule has 1 heterocycles. The number of ether oxygens (including phenoxy) is 3. The van der Waals surface area contributed by atoms with Gasteiger partial charge in [-0.1, -0.05) is 38.1 Å². The average Bonchev–Trinajstić information content (AvgIpc) is 2.75. The monoisotopic (exact) mass is 399 g/mol. The van der Waals surface area contributed by atoms with Gasteiger partial charge < -0.3 is 14.2 Å². The Kier molecular flexibility index (Phi) is 6.11. The molecule has 8 heteroatoms. The maximum absolute atomic E-state index is 12.4. The SMILES string of the molecule is CC[C@H](C)c1ccc(C(=O)COC(=O)c2cc3c(cc2[N+](=O)[O-])OCCO3)cc1. The molecule has 2 aromatic carbocycles. The van der Waals surface area contributed by atoms with Gasteiger partial charge >= 0.3 is 5.97 Å². The molecule has 0 saturated heterocycles. The van der Waals surface area contributed by atoms with Crippen LogP contribution in [0.3, 0.4) is 0 Å². The molecule has 0 aliphatic carbocycles. The van der Waals surface area contributed by atoms with Gasteiger partial charge in [0.25, 0.3) is 5.69 Å². The molecule has 0 aromatic heterocycles.